The van der Waals surface area contributed by atoms with Crippen LogP contribution in [0.1, 0.15) is 60.0 Å². The number of nitriles is 1. The number of nitrogens with one attached hydrogen (secondary N) is 1. The van der Waals surface area contributed by atoms with Gasteiger partial charge in [-0.2, -0.15) is 5.26 Å². The van der Waals surface area contributed by atoms with E-state index in [1.165, 1.54) is 25.7 Å². The minimum Gasteiger partial charge on any atom is -0.371 e. The normalized spacial score (nSPS) is 20.4. The summed E-state index contributed by atoms with van der Waals surface area (Å²) in [5.74, 6) is -2.87. The number of anilines is 3. The highest BCUT2D eigenvalue weighted by Crippen LogP contribution is 2.54. The summed E-state index contributed by atoms with van der Waals surface area (Å²) < 4.78 is 28.5. The Hall–Kier alpha value is -2.41. The molecule has 1 N–H and O–H groups in total. The van der Waals surface area contributed by atoms with E-state index in [-0.39, 0.29) is 31.8 Å². The molecule has 2 aliphatic heterocycles. The summed E-state index contributed by atoms with van der Waals surface area (Å²) >= 11 is 2.28. The van der Waals surface area contributed by atoms with Crippen molar-refractivity contribution in [2.45, 2.75) is 51.4 Å². The van der Waals surface area contributed by atoms with E-state index in [0.29, 0.717) is 33.5 Å². The first-order chi connectivity index (χ1) is 16.7. The number of hydrogen-bond acceptors (Lipinski definition) is 4. The van der Waals surface area contributed by atoms with E-state index in [9.17, 15) is 18.8 Å². The standard InChI is InChI=1S/C27H29F2IN4O/c1-18-14-20(16-24(22(18)17-31)34-12-8-27(28,29)9-13-34)32-25(35)21-3-2-19(30)15-23(21)33-10-6-26(4-5-26)7-11-33/h2-3,14-16H,4-13H2,1H3,(H,32,35). The van der Waals surface area contributed by atoms with Crippen LogP contribution in [-0.2, 0) is 0 Å². The monoisotopic (exact) mass is 590 g/mol. The Labute approximate surface area is 218 Å². The predicted octanol–water partition coefficient (Wildman–Crippen LogP) is 6.34. The molecule has 3 fully saturated rings. The molecule has 2 aromatic carbocycles. The number of piperidine rings is 2. The number of carbonyl (C=O) groups excluding carboxylic acids is 1. The number of hydrogen-bond donors (Lipinski definition) is 1. The molecule has 1 spiro atoms. The van der Waals surface area contributed by atoms with Gasteiger partial charge in [-0.3, -0.25) is 4.79 Å². The molecule has 35 heavy (non-hydrogen) atoms. The molecule has 0 unspecified atom stereocenters. The van der Waals surface area contributed by atoms with Gasteiger partial charge in [0.15, 0.2) is 0 Å². The lowest BCUT2D eigenvalue weighted by Gasteiger charge is -2.35. The predicted molar refractivity (Wildman–Crippen MR) is 143 cm³/mol. The number of benzene rings is 2. The van der Waals surface area contributed by atoms with E-state index in [2.05, 4.69) is 44.9 Å². The molecule has 3 aliphatic rings. The van der Waals surface area contributed by atoms with Gasteiger partial charge in [0.05, 0.1) is 22.5 Å². The number of halogens is 3. The van der Waals surface area contributed by atoms with Gasteiger partial charge in [-0.05, 0) is 96.5 Å². The van der Waals surface area contributed by atoms with Crippen LogP contribution in [0.3, 0.4) is 0 Å². The first kappa shape index (κ1) is 24.3. The second-order valence-electron chi connectivity index (χ2n) is 10.2. The molecule has 2 heterocycles. The highest BCUT2D eigenvalue weighted by molar-refractivity contribution is 14.1. The molecule has 8 heteroatoms. The van der Waals surface area contributed by atoms with Crippen molar-refractivity contribution in [2.75, 3.05) is 41.3 Å². The number of rotatable bonds is 4. The van der Waals surface area contributed by atoms with E-state index in [1.807, 2.05) is 24.0 Å². The molecule has 2 saturated heterocycles. The zero-order chi connectivity index (χ0) is 24.8. The Kier molecular flexibility index (Phi) is 6.41. The van der Waals surface area contributed by atoms with Crippen LogP contribution in [0.5, 0.6) is 0 Å². The number of carbonyl (C=O) groups is 1. The number of nitrogens with zero attached hydrogens (tertiary/aromatic N) is 3. The Bertz CT molecular complexity index is 1180. The van der Waals surface area contributed by atoms with Crippen molar-refractivity contribution < 1.29 is 13.6 Å². The molecule has 0 aromatic heterocycles. The zero-order valence-corrected chi connectivity index (χ0v) is 22.0. The highest BCUT2D eigenvalue weighted by atomic mass is 127. The van der Waals surface area contributed by atoms with Gasteiger partial charge in [0, 0.05) is 48.3 Å². The minimum absolute atomic E-state index is 0.177. The first-order valence-electron chi connectivity index (χ1n) is 12.2. The van der Waals surface area contributed by atoms with Gasteiger partial charge in [-0.1, -0.05) is 0 Å². The molecule has 0 atom stereocenters. The van der Waals surface area contributed by atoms with Gasteiger partial charge >= 0.3 is 0 Å². The molecular weight excluding hydrogens is 561 g/mol. The first-order valence-corrected chi connectivity index (χ1v) is 13.3. The molecule has 5 nitrogen and oxygen atoms in total. The van der Waals surface area contributed by atoms with Gasteiger partial charge in [0.25, 0.3) is 11.8 Å². The average Bonchev–Trinajstić information content (AvgIpc) is 3.57. The van der Waals surface area contributed by atoms with Crippen LogP contribution in [-0.4, -0.2) is 38.0 Å². The lowest BCUT2D eigenvalue weighted by atomic mass is 9.93. The maximum absolute atomic E-state index is 13.7. The summed E-state index contributed by atoms with van der Waals surface area (Å²) in [6.45, 7) is 4.08. The molecule has 0 radical (unpaired) electrons. The van der Waals surface area contributed by atoms with Crippen LogP contribution < -0.4 is 15.1 Å². The third kappa shape index (κ3) is 5.11. The van der Waals surface area contributed by atoms with Crippen molar-refractivity contribution in [3.8, 4) is 6.07 Å². The smallest absolute Gasteiger partial charge is 0.257 e. The molecule has 2 aromatic rings. The number of aryl methyl sites for hydroxylation is 1. The molecule has 0 bridgehead atoms. The second kappa shape index (κ2) is 9.23. The summed E-state index contributed by atoms with van der Waals surface area (Å²) in [5.41, 5.74) is 4.48. The van der Waals surface area contributed by atoms with Gasteiger partial charge in [-0.15, -0.1) is 0 Å². The van der Waals surface area contributed by atoms with Gasteiger partial charge < -0.3 is 15.1 Å². The van der Waals surface area contributed by atoms with Gasteiger partial charge in [0.1, 0.15) is 6.07 Å². The van der Waals surface area contributed by atoms with Crippen LogP contribution in [0.25, 0.3) is 0 Å². The van der Waals surface area contributed by atoms with Crippen molar-refractivity contribution >= 4 is 45.6 Å². The third-order valence-corrected chi connectivity index (χ3v) is 8.52. The van der Waals surface area contributed by atoms with Gasteiger partial charge in [0.2, 0.25) is 0 Å². The van der Waals surface area contributed by atoms with E-state index in [4.69, 9.17) is 0 Å². The van der Waals surface area contributed by atoms with Crippen LogP contribution in [0.15, 0.2) is 30.3 Å². The summed E-state index contributed by atoms with van der Waals surface area (Å²) in [4.78, 5) is 17.6. The summed E-state index contributed by atoms with van der Waals surface area (Å²) in [6.07, 6.45) is 4.53. The van der Waals surface area contributed by atoms with E-state index < -0.39 is 5.92 Å². The quantitative estimate of drug-likeness (QED) is 0.423. The van der Waals surface area contributed by atoms with Crippen molar-refractivity contribution in [1.29, 1.82) is 5.26 Å². The van der Waals surface area contributed by atoms with Crippen LogP contribution in [0.2, 0.25) is 0 Å². The Morgan fingerprint density at radius 3 is 2.23 bits per heavy atom. The maximum Gasteiger partial charge on any atom is 0.257 e. The zero-order valence-electron chi connectivity index (χ0n) is 19.8. The molecule has 1 saturated carbocycles. The van der Waals surface area contributed by atoms with E-state index in [0.717, 1.165) is 22.3 Å². The largest absolute Gasteiger partial charge is 0.371 e. The summed E-state index contributed by atoms with van der Waals surface area (Å²) in [7, 11) is 0. The molecule has 5 rings (SSSR count). The van der Waals surface area contributed by atoms with E-state index in [1.54, 1.807) is 12.1 Å². The van der Waals surface area contributed by atoms with Crippen LogP contribution in [0.4, 0.5) is 25.8 Å². The SMILES string of the molecule is Cc1cc(NC(=O)c2ccc(I)cc2N2CCC3(CC2)CC3)cc(N2CCC(F)(F)CC2)c1C#N. The molecule has 184 valence electrons. The average molecular weight is 590 g/mol. The fourth-order valence-corrected chi connectivity index (χ4v) is 5.84. The Morgan fingerprint density at radius 1 is 0.971 bits per heavy atom. The minimum atomic E-state index is -2.67. The third-order valence-electron chi connectivity index (χ3n) is 7.85. The van der Waals surface area contributed by atoms with Crippen LogP contribution >= 0.6 is 22.6 Å². The van der Waals surface area contributed by atoms with Crippen molar-refractivity contribution in [3.05, 3.63) is 50.6 Å². The summed E-state index contributed by atoms with van der Waals surface area (Å²) in [6, 6.07) is 11.6. The fourth-order valence-electron chi connectivity index (χ4n) is 5.37. The lowest BCUT2D eigenvalue weighted by molar-refractivity contribution is -0.0220. The van der Waals surface area contributed by atoms with Crippen molar-refractivity contribution in [3.63, 3.8) is 0 Å². The molecular formula is C27H29F2IN4O. The maximum atomic E-state index is 13.7. The molecule has 1 amide bonds. The number of amides is 1. The lowest BCUT2D eigenvalue weighted by Crippen LogP contribution is -2.39. The highest BCUT2D eigenvalue weighted by Gasteiger charge is 2.44. The fraction of sp³-hybridized carbons (Fsp3) is 0.481. The van der Waals surface area contributed by atoms with Crippen molar-refractivity contribution in [2.24, 2.45) is 5.41 Å². The molecule has 1 aliphatic carbocycles. The summed E-state index contributed by atoms with van der Waals surface area (Å²) in [5, 5.41) is 12.7. The Balaban J connectivity index is 1.39. The topological polar surface area (TPSA) is 59.4 Å². The number of alkyl halides is 2. The second-order valence-corrected chi connectivity index (χ2v) is 11.5. The van der Waals surface area contributed by atoms with Gasteiger partial charge in [-0.25, -0.2) is 8.78 Å². The van der Waals surface area contributed by atoms with E-state index >= 15 is 0 Å². The Morgan fingerprint density at radius 2 is 1.60 bits per heavy atom. The van der Waals surface area contributed by atoms with Crippen molar-refractivity contribution in [1.82, 2.24) is 0 Å². The van der Waals surface area contributed by atoms with Crippen LogP contribution in [0, 0.1) is 27.2 Å².